The zero-order chi connectivity index (χ0) is 55.2. The van der Waals surface area contributed by atoms with E-state index in [4.69, 9.17) is 5.73 Å². The Hall–Kier alpha value is -6.78. The van der Waals surface area contributed by atoms with E-state index in [2.05, 4.69) is 37.2 Å². The minimum absolute atomic E-state index is 0.00823. The van der Waals surface area contributed by atoms with Gasteiger partial charge in [-0.2, -0.15) is 0 Å². The highest BCUT2D eigenvalue weighted by Gasteiger charge is 2.64. The van der Waals surface area contributed by atoms with E-state index < -0.39 is 138 Å². The molecular formula is C48H57N9O15S3. The van der Waals surface area contributed by atoms with Crippen molar-refractivity contribution in [3.63, 3.8) is 0 Å². The van der Waals surface area contributed by atoms with Crippen LogP contribution in [-0.2, 0) is 43.2 Å². The number of carboxylic acid groups (broad SMARTS) is 3. The molecule has 4 aliphatic heterocycles. The fraction of sp³-hybridized carbons (Fsp3) is 0.438. The van der Waals surface area contributed by atoms with Gasteiger partial charge < -0.3 is 67.9 Å². The fourth-order valence-electron chi connectivity index (χ4n) is 9.30. The van der Waals surface area contributed by atoms with Gasteiger partial charge in [0.05, 0.1) is 10.7 Å². The zero-order valence-electron chi connectivity index (χ0n) is 41.0. The Balaban J connectivity index is 1.22. The van der Waals surface area contributed by atoms with Gasteiger partial charge in [-0.3, -0.25) is 49.0 Å². The molecule has 4 heterocycles. The number of carbonyl (C=O) groups is 9. The van der Waals surface area contributed by atoms with Crippen molar-refractivity contribution >= 4 is 88.6 Å². The molecule has 0 saturated carbocycles. The second-order valence-electron chi connectivity index (χ2n) is 19.9. The highest BCUT2D eigenvalue weighted by molar-refractivity contribution is 8.02. The Morgan fingerprint density at radius 2 is 0.920 bits per heavy atom. The van der Waals surface area contributed by atoms with Crippen LogP contribution in [0.5, 0.6) is 17.2 Å². The van der Waals surface area contributed by atoms with E-state index in [1.54, 1.807) is 41.5 Å². The van der Waals surface area contributed by atoms with Crippen LogP contribution in [0, 0.1) is 0 Å². The maximum Gasteiger partial charge on any atom is 0.327 e. The van der Waals surface area contributed by atoms with Crippen molar-refractivity contribution in [1.82, 2.24) is 42.1 Å². The normalized spacial score (nSPS) is 25.9. The van der Waals surface area contributed by atoms with Crippen molar-refractivity contribution in [3.8, 4) is 17.2 Å². The molecule has 0 aliphatic carbocycles. The smallest absolute Gasteiger partial charge is 0.327 e. The molecular weight excluding hydrogens is 1040 g/mol. The van der Waals surface area contributed by atoms with E-state index >= 15 is 0 Å². The number of nitrogens with one attached hydrogen (secondary N) is 7. The number of phenols is 3. The fourth-order valence-corrected chi connectivity index (χ4v) is 13.9. The monoisotopic (exact) mass is 1100 g/mol. The van der Waals surface area contributed by atoms with E-state index in [1.165, 1.54) is 72.8 Å². The van der Waals surface area contributed by atoms with Crippen LogP contribution < -0.4 is 43.0 Å². The zero-order valence-corrected chi connectivity index (χ0v) is 43.4. The summed E-state index contributed by atoms with van der Waals surface area (Å²) in [5.41, 5.74) is 6.62. The average Bonchev–Trinajstić information content (AvgIpc) is 3.94. The Morgan fingerprint density at radius 3 is 1.31 bits per heavy atom. The molecule has 0 unspecified atom stereocenters. The van der Waals surface area contributed by atoms with Crippen molar-refractivity contribution in [2.75, 3.05) is 0 Å². The first-order chi connectivity index (χ1) is 35.0. The number of phenolic OH excluding ortho intramolecular Hbond substituents is 3. The number of carboxylic acids is 3. The van der Waals surface area contributed by atoms with Crippen molar-refractivity contribution in [3.05, 3.63) is 89.5 Å². The summed E-state index contributed by atoms with van der Waals surface area (Å²) in [5.74, 6) is -10.2. The van der Waals surface area contributed by atoms with Crippen LogP contribution in [0.3, 0.4) is 0 Å². The molecule has 402 valence electrons. The summed E-state index contributed by atoms with van der Waals surface area (Å²) >= 11 is 3.11. The van der Waals surface area contributed by atoms with Gasteiger partial charge in [-0.05, 0) is 94.6 Å². The lowest BCUT2D eigenvalue weighted by atomic mass is 9.95. The van der Waals surface area contributed by atoms with Crippen molar-refractivity contribution in [1.29, 1.82) is 0 Å². The molecule has 0 bridgehead atoms. The van der Waals surface area contributed by atoms with Gasteiger partial charge in [0.15, 0.2) is 0 Å². The summed E-state index contributed by atoms with van der Waals surface area (Å²) in [6.07, 6.45) is 0. The van der Waals surface area contributed by atoms with Gasteiger partial charge in [-0.1, -0.05) is 36.4 Å². The number of hydrogen-bond acceptors (Lipinski definition) is 18. The molecule has 4 saturated heterocycles. The van der Waals surface area contributed by atoms with Crippen LogP contribution in [0.15, 0.2) is 72.8 Å². The molecule has 12 atom stereocenters. The average molecular weight is 1100 g/mol. The lowest BCUT2D eigenvalue weighted by Crippen LogP contribution is -2.71. The number of β-lactam (4-membered cyclic amide) rings is 1. The Labute approximate surface area is 441 Å². The number of nitrogens with zero attached hydrogens (tertiary/aromatic N) is 1. The van der Waals surface area contributed by atoms with Crippen LogP contribution in [-0.4, -0.2) is 156 Å². The van der Waals surface area contributed by atoms with Gasteiger partial charge in [0.1, 0.15) is 77.0 Å². The standard InChI is InChI=1S/C48H57N9O15S3/c1-46(2)31(43(67)68)55-39(73-46)28(52-34(61)25(49)19-7-13-22(58)14-8-19)37(64)50-26(20-9-15-23(59)16-10-20)35(62)53-29(40-56-32(44(69)70)47(3,4)74-40)38(65)51-27(21-11-17-24(60)18-12-21)36(63)54-30-41(66)57-33(45(71)72)48(5,6)75-42(30)57/h7-18,25-33,39-40,42,55-56,58-60H,49H2,1-6H3,(H,50,64)(H,51,65)(H,52,61)(H,53,62)(H,54,63)(H,67,68)(H,69,70)(H,71,72)/t25-,26-,27-,28-,29-,30-,31+,32+,33+,39-,40-,42-/m1/s1. The Morgan fingerprint density at radius 1 is 0.533 bits per heavy atom. The van der Waals surface area contributed by atoms with E-state index in [0.29, 0.717) is 0 Å². The van der Waals surface area contributed by atoms with Crippen LogP contribution in [0.2, 0.25) is 0 Å². The third-order valence-corrected chi connectivity index (χ3v) is 17.8. The third kappa shape index (κ3) is 11.7. The van der Waals surface area contributed by atoms with Crippen LogP contribution in [0.1, 0.15) is 76.4 Å². The third-order valence-electron chi connectivity index (χ3n) is 13.2. The molecule has 24 nitrogen and oxygen atoms in total. The lowest BCUT2D eigenvalue weighted by Gasteiger charge is -2.44. The van der Waals surface area contributed by atoms with E-state index in [1.807, 2.05) is 0 Å². The second kappa shape index (κ2) is 21.5. The number of carbonyl (C=O) groups excluding carboxylic acids is 6. The number of thioether (sulfide) groups is 3. The number of aromatic hydroxyl groups is 3. The van der Waals surface area contributed by atoms with Crippen molar-refractivity contribution in [2.45, 2.75) is 126 Å². The highest BCUT2D eigenvalue weighted by atomic mass is 32.2. The van der Waals surface area contributed by atoms with Crippen LogP contribution in [0.25, 0.3) is 0 Å². The predicted octanol–water partition coefficient (Wildman–Crippen LogP) is -0.0919. The minimum Gasteiger partial charge on any atom is -0.508 e. The molecule has 0 aromatic heterocycles. The second-order valence-corrected chi connectivity index (χ2v) is 25.2. The molecule has 27 heteroatoms. The first kappa shape index (κ1) is 56.0. The number of benzene rings is 3. The van der Waals surface area contributed by atoms with Gasteiger partial charge in [0.25, 0.3) is 0 Å². The molecule has 4 fully saturated rings. The Bertz CT molecular complexity index is 2770. The topological polar surface area (TPSA) is 388 Å². The lowest BCUT2D eigenvalue weighted by molar-refractivity contribution is -0.161. The number of fused-ring (bicyclic) bond motifs is 1. The van der Waals surface area contributed by atoms with Gasteiger partial charge in [0.2, 0.25) is 35.4 Å². The van der Waals surface area contributed by atoms with Gasteiger partial charge in [-0.15, -0.1) is 35.3 Å². The van der Waals surface area contributed by atoms with E-state index in [0.717, 1.165) is 40.2 Å². The maximum absolute atomic E-state index is 15.0. The SMILES string of the molecule is CC1(C)S[C@@H]2[C@H](NC(=O)[C@H](NC(=O)[C@@H](NC(=O)[C@H](NC(=O)[C@@H](NC(=O)[C@H](N)c3ccc(O)cc3)[C@@H]3N[C@@H](C(=O)O)C(C)(C)S3)c3ccc(O)cc3)[C@@H]3N[C@@H](C(=O)O)C(C)(C)S3)c3ccc(O)cc3)C(=O)N2[C@H]1C(=O)O. The first-order valence-electron chi connectivity index (χ1n) is 23.2. The number of rotatable bonds is 18. The minimum atomic E-state index is -1.80. The van der Waals surface area contributed by atoms with Crippen molar-refractivity contribution < 1.29 is 73.8 Å². The summed E-state index contributed by atoms with van der Waals surface area (Å²) in [6.45, 7) is 9.66. The van der Waals surface area contributed by atoms with Crippen molar-refractivity contribution in [2.24, 2.45) is 5.73 Å². The molecule has 0 radical (unpaired) electrons. The summed E-state index contributed by atoms with van der Waals surface area (Å²) in [4.78, 5) is 125. The maximum atomic E-state index is 15.0. The number of amides is 6. The molecule has 75 heavy (non-hydrogen) atoms. The quantitative estimate of drug-likeness (QED) is 0.0740. The van der Waals surface area contributed by atoms with E-state index in [-0.39, 0.29) is 33.9 Å². The summed E-state index contributed by atoms with van der Waals surface area (Å²) in [7, 11) is 0. The van der Waals surface area contributed by atoms with Gasteiger partial charge >= 0.3 is 17.9 Å². The molecule has 3 aromatic carbocycles. The molecule has 3 aromatic rings. The molecule has 0 spiro atoms. The number of nitrogens with two attached hydrogens (primary N) is 1. The first-order valence-corrected chi connectivity index (χ1v) is 25.9. The highest BCUT2D eigenvalue weighted by Crippen LogP contribution is 2.51. The van der Waals surface area contributed by atoms with Gasteiger partial charge in [-0.25, -0.2) is 4.79 Å². The summed E-state index contributed by atoms with van der Waals surface area (Å²) in [5, 5.41) is 76.0. The van der Waals surface area contributed by atoms with Gasteiger partial charge in [0, 0.05) is 14.2 Å². The summed E-state index contributed by atoms with van der Waals surface area (Å²) < 4.78 is -3.16. The summed E-state index contributed by atoms with van der Waals surface area (Å²) in [6, 6.07) is 1.99. The molecule has 6 amide bonds. The number of hydrogen-bond donors (Lipinski definition) is 14. The number of aliphatic carboxylic acids is 3. The largest absolute Gasteiger partial charge is 0.508 e. The molecule has 15 N–H and O–H groups in total. The van der Waals surface area contributed by atoms with Crippen LogP contribution >= 0.6 is 35.3 Å². The Kier molecular flexibility index (Phi) is 16.0. The van der Waals surface area contributed by atoms with Crippen LogP contribution in [0.4, 0.5) is 0 Å². The molecule has 4 aliphatic rings. The predicted molar refractivity (Wildman–Crippen MR) is 273 cm³/mol. The van der Waals surface area contributed by atoms with E-state index in [9.17, 15) is 73.8 Å². The molecule has 7 rings (SSSR count).